The number of nitriles is 1. The molecule has 1 aliphatic rings. The van der Waals surface area contributed by atoms with Crippen molar-refractivity contribution in [1.82, 2.24) is 10.3 Å². The highest BCUT2D eigenvalue weighted by molar-refractivity contribution is 5.68. The number of anilines is 1. The van der Waals surface area contributed by atoms with E-state index in [9.17, 15) is 4.79 Å². The lowest BCUT2D eigenvalue weighted by Crippen LogP contribution is -2.54. The minimum absolute atomic E-state index is 0.272. The fraction of sp³-hybridized carbons (Fsp3) is 0.588. The quantitative estimate of drug-likeness (QED) is 0.907. The third kappa shape index (κ3) is 4.85. The Morgan fingerprint density at radius 3 is 2.52 bits per heavy atom. The molecule has 0 radical (unpaired) electrons. The van der Waals surface area contributed by atoms with Crippen LogP contribution in [0.2, 0.25) is 0 Å². The number of pyridine rings is 1. The maximum atomic E-state index is 12.0. The van der Waals surface area contributed by atoms with Gasteiger partial charge in [0.2, 0.25) is 0 Å². The van der Waals surface area contributed by atoms with Crippen molar-refractivity contribution in [2.45, 2.75) is 51.7 Å². The molecule has 23 heavy (non-hydrogen) atoms. The van der Waals surface area contributed by atoms with Crippen molar-refractivity contribution in [2.75, 3.05) is 18.0 Å². The van der Waals surface area contributed by atoms with E-state index in [2.05, 4.69) is 21.3 Å². The number of rotatable bonds is 2. The van der Waals surface area contributed by atoms with E-state index >= 15 is 0 Å². The zero-order valence-corrected chi connectivity index (χ0v) is 14.2. The molecular formula is C17H24N4O2. The van der Waals surface area contributed by atoms with Gasteiger partial charge in [-0.1, -0.05) is 0 Å². The molecule has 1 fully saturated rings. The molecule has 2 rings (SSSR count). The van der Waals surface area contributed by atoms with E-state index in [1.165, 1.54) is 0 Å². The van der Waals surface area contributed by atoms with Gasteiger partial charge in [-0.2, -0.15) is 5.26 Å². The average Bonchev–Trinajstić information content (AvgIpc) is 2.45. The molecule has 1 N–H and O–H groups in total. The van der Waals surface area contributed by atoms with Gasteiger partial charge in [-0.3, -0.25) is 0 Å². The number of nitrogens with zero attached hydrogens (tertiary/aromatic N) is 3. The molecule has 0 spiro atoms. The van der Waals surface area contributed by atoms with Gasteiger partial charge in [0.05, 0.1) is 5.56 Å². The van der Waals surface area contributed by atoms with Crippen LogP contribution in [0.5, 0.6) is 0 Å². The smallest absolute Gasteiger partial charge is 0.408 e. The van der Waals surface area contributed by atoms with Crippen molar-refractivity contribution >= 4 is 11.9 Å². The normalized spacial score (nSPS) is 17.3. The van der Waals surface area contributed by atoms with Crippen LogP contribution in [-0.2, 0) is 4.74 Å². The third-order valence-electron chi connectivity index (χ3n) is 3.87. The maximum Gasteiger partial charge on any atom is 0.408 e. The summed E-state index contributed by atoms with van der Waals surface area (Å²) in [6, 6.07) is 5.70. The minimum Gasteiger partial charge on any atom is -0.444 e. The van der Waals surface area contributed by atoms with Crippen molar-refractivity contribution < 1.29 is 9.53 Å². The van der Waals surface area contributed by atoms with E-state index in [-0.39, 0.29) is 11.6 Å². The van der Waals surface area contributed by atoms with E-state index < -0.39 is 5.60 Å². The number of nitrogens with one attached hydrogen (secondary N) is 1. The first-order valence-electron chi connectivity index (χ1n) is 7.83. The number of amides is 1. The van der Waals surface area contributed by atoms with Crippen molar-refractivity contribution in [3.63, 3.8) is 0 Å². The number of carbonyl (C=O) groups is 1. The fourth-order valence-corrected chi connectivity index (χ4v) is 2.54. The molecule has 0 bridgehead atoms. The second-order valence-electron chi connectivity index (χ2n) is 7.19. The van der Waals surface area contributed by atoms with Crippen LogP contribution < -0.4 is 10.2 Å². The molecule has 6 heteroatoms. The summed E-state index contributed by atoms with van der Waals surface area (Å²) < 4.78 is 5.34. The van der Waals surface area contributed by atoms with Crippen LogP contribution in [-0.4, -0.2) is 35.3 Å². The highest BCUT2D eigenvalue weighted by Crippen LogP contribution is 2.25. The summed E-state index contributed by atoms with van der Waals surface area (Å²) in [5.74, 6) is 0.864. The predicted molar refractivity (Wildman–Crippen MR) is 88.2 cm³/mol. The number of hydrogen-bond acceptors (Lipinski definition) is 5. The summed E-state index contributed by atoms with van der Waals surface area (Å²) in [7, 11) is 0. The Hall–Kier alpha value is -2.29. The first-order valence-corrected chi connectivity index (χ1v) is 7.83. The summed E-state index contributed by atoms with van der Waals surface area (Å²) in [5.41, 5.74) is -0.207. The van der Waals surface area contributed by atoms with E-state index in [0.29, 0.717) is 5.56 Å². The Kier molecular flexibility index (Phi) is 4.79. The number of aromatic nitrogens is 1. The maximum absolute atomic E-state index is 12.0. The van der Waals surface area contributed by atoms with E-state index in [4.69, 9.17) is 10.00 Å². The van der Waals surface area contributed by atoms with Crippen molar-refractivity contribution in [3.05, 3.63) is 23.9 Å². The molecule has 1 aromatic rings. The molecule has 0 saturated carbocycles. The lowest BCUT2D eigenvalue weighted by Gasteiger charge is -2.40. The molecule has 1 aliphatic heterocycles. The fourth-order valence-electron chi connectivity index (χ4n) is 2.54. The van der Waals surface area contributed by atoms with Gasteiger partial charge in [-0.15, -0.1) is 0 Å². The second-order valence-corrected chi connectivity index (χ2v) is 7.19. The van der Waals surface area contributed by atoms with Gasteiger partial charge in [0.1, 0.15) is 17.5 Å². The molecule has 2 heterocycles. The van der Waals surface area contributed by atoms with Gasteiger partial charge in [-0.05, 0) is 52.7 Å². The van der Waals surface area contributed by atoms with Crippen LogP contribution in [0.25, 0.3) is 0 Å². The first kappa shape index (κ1) is 17.1. The summed E-state index contributed by atoms with van der Waals surface area (Å²) in [5, 5.41) is 11.8. The Morgan fingerprint density at radius 1 is 1.39 bits per heavy atom. The zero-order chi connectivity index (χ0) is 17.1. The number of piperidine rings is 1. The summed E-state index contributed by atoms with van der Waals surface area (Å²) in [6.45, 7) is 9.20. The average molecular weight is 316 g/mol. The SMILES string of the molecule is CC1(NC(=O)OC(C)(C)C)CCN(c2ccc(C#N)cn2)CC1. The Balaban J connectivity index is 1.91. The number of alkyl carbamates (subject to hydrolysis) is 1. The van der Waals surface area contributed by atoms with Gasteiger partial charge in [0.25, 0.3) is 0 Å². The molecule has 1 saturated heterocycles. The summed E-state index contributed by atoms with van der Waals surface area (Å²) >= 11 is 0. The van der Waals surface area contributed by atoms with E-state index in [1.807, 2.05) is 33.8 Å². The van der Waals surface area contributed by atoms with E-state index in [1.54, 1.807) is 12.3 Å². The standard InChI is InChI=1S/C17H24N4O2/c1-16(2,3)23-15(22)20-17(4)7-9-21(10-8-17)14-6-5-13(11-18)12-19-14/h5-6,12H,7-10H2,1-4H3,(H,20,22). The highest BCUT2D eigenvalue weighted by Gasteiger charge is 2.33. The van der Waals surface area contributed by atoms with Gasteiger partial charge < -0.3 is 15.0 Å². The largest absolute Gasteiger partial charge is 0.444 e. The number of ether oxygens (including phenoxy) is 1. The van der Waals surface area contributed by atoms with Crippen LogP contribution >= 0.6 is 0 Å². The van der Waals surface area contributed by atoms with E-state index in [0.717, 1.165) is 31.7 Å². The second kappa shape index (κ2) is 6.45. The Labute approximate surface area is 137 Å². The molecule has 0 aliphatic carbocycles. The summed E-state index contributed by atoms with van der Waals surface area (Å²) in [6.07, 6.45) is 2.84. The van der Waals surface area contributed by atoms with Crippen LogP contribution in [0.15, 0.2) is 18.3 Å². The zero-order valence-electron chi connectivity index (χ0n) is 14.2. The van der Waals surface area contributed by atoms with Crippen molar-refractivity contribution in [1.29, 1.82) is 5.26 Å². The van der Waals surface area contributed by atoms with Crippen LogP contribution in [0.4, 0.5) is 10.6 Å². The molecule has 0 unspecified atom stereocenters. The predicted octanol–water partition coefficient (Wildman–Crippen LogP) is 2.84. The molecule has 0 atom stereocenters. The van der Waals surface area contributed by atoms with Gasteiger partial charge in [0.15, 0.2) is 0 Å². The van der Waals surface area contributed by atoms with Gasteiger partial charge in [-0.25, -0.2) is 9.78 Å². The number of hydrogen-bond donors (Lipinski definition) is 1. The minimum atomic E-state index is -0.493. The van der Waals surface area contributed by atoms with Crippen LogP contribution in [0, 0.1) is 11.3 Å². The molecule has 1 aromatic heterocycles. The highest BCUT2D eigenvalue weighted by atomic mass is 16.6. The van der Waals surface area contributed by atoms with Crippen LogP contribution in [0.3, 0.4) is 0 Å². The van der Waals surface area contributed by atoms with Gasteiger partial charge in [0, 0.05) is 24.8 Å². The number of carbonyl (C=O) groups excluding carboxylic acids is 1. The Morgan fingerprint density at radius 2 is 2.04 bits per heavy atom. The topological polar surface area (TPSA) is 78.2 Å². The first-order chi connectivity index (χ1) is 10.7. The van der Waals surface area contributed by atoms with Crippen molar-refractivity contribution in [2.24, 2.45) is 0 Å². The van der Waals surface area contributed by atoms with Crippen LogP contribution in [0.1, 0.15) is 46.1 Å². The lowest BCUT2D eigenvalue weighted by molar-refractivity contribution is 0.0448. The monoisotopic (exact) mass is 316 g/mol. The summed E-state index contributed by atoms with van der Waals surface area (Å²) in [4.78, 5) is 18.5. The van der Waals surface area contributed by atoms with Crippen molar-refractivity contribution in [3.8, 4) is 6.07 Å². The van der Waals surface area contributed by atoms with Gasteiger partial charge >= 0.3 is 6.09 Å². The molecule has 1 amide bonds. The lowest BCUT2D eigenvalue weighted by atomic mass is 9.90. The Bertz CT molecular complexity index is 591. The molecular weight excluding hydrogens is 292 g/mol. The molecule has 0 aromatic carbocycles. The third-order valence-corrected chi connectivity index (χ3v) is 3.87. The molecule has 124 valence electrons. The molecule has 6 nitrogen and oxygen atoms in total.